The number of methoxy groups -OCH3 is 2. The summed E-state index contributed by atoms with van der Waals surface area (Å²) in [6.07, 6.45) is 0. The van der Waals surface area contributed by atoms with Crippen LogP contribution in [-0.4, -0.2) is 14.2 Å². The fourth-order valence-corrected chi connectivity index (χ4v) is 2.01. The van der Waals surface area contributed by atoms with E-state index in [9.17, 15) is 8.78 Å². The molecule has 5 heteroatoms. The first-order valence-electron chi connectivity index (χ1n) is 6.48. The van der Waals surface area contributed by atoms with Gasteiger partial charge in [-0.15, -0.1) is 0 Å². The Kier molecular flexibility index (Phi) is 4.62. The molecule has 0 heterocycles. The number of nitrogens with one attached hydrogen (secondary N) is 1. The van der Waals surface area contributed by atoms with E-state index in [0.717, 1.165) is 11.8 Å². The average molecular weight is 293 g/mol. The van der Waals surface area contributed by atoms with Crippen molar-refractivity contribution in [3.8, 4) is 11.5 Å². The second-order valence-corrected chi connectivity index (χ2v) is 4.64. The number of anilines is 1. The van der Waals surface area contributed by atoms with E-state index >= 15 is 0 Å². The molecule has 1 N–H and O–H groups in total. The van der Waals surface area contributed by atoms with Crippen molar-refractivity contribution in [3.63, 3.8) is 0 Å². The smallest absolute Gasteiger partial charge is 0.159 e. The molecule has 1 unspecified atom stereocenters. The van der Waals surface area contributed by atoms with Crippen LogP contribution in [-0.2, 0) is 0 Å². The molecular weight excluding hydrogens is 276 g/mol. The molecule has 21 heavy (non-hydrogen) atoms. The lowest BCUT2D eigenvalue weighted by Gasteiger charge is -2.17. The summed E-state index contributed by atoms with van der Waals surface area (Å²) in [6, 6.07) is 9.02. The van der Waals surface area contributed by atoms with E-state index in [0.29, 0.717) is 17.1 Å². The third kappa shape index (κ3) is 3.62. The zero-order valence-corrected chi connectivity index (χ0v) is 12.1. The van der Waals surface area contributed by atoms with E-state index in [4.69, 9.17) is 9.47 Å². The van der Waals surface area contributed by atoms with Crippen LogP contribution in [0.2, 0.25) is 0 Å². The van der Waals surface area contributed by atoms with Gasteiger partial charge in [0.1, 0.15) is 11.5 Å². The summed E-state index contributed by atoms with van der Waals surface area (Å²) < 4.78 is 36.6. The summed E-state index contributed by atoms with van der Waals surface area (Å²) in [5.41, 5.74) is 1.42. The van der Waals surface area contributed by atoms with Crippen LogP contribution in [0.15, 0.2) is 36.4 Å². The predicted molar refractivity (Wildman–Crippen MR) is 77.9 cm³/mol. The molecule has 0 aliphatic heterocycles. The first-order chi connectivity index (χ1) is 10.0. The maximum absolute atomic E-state index is 13.3. The lowest BCUT2D eigenvalue weighted by molar-refractivity contribution is 0.394. The van der Waals surface area contributed by atoms with E-state index in [1.165, 1.54) is 6.07 Å². The van der Waals surface area contributed by atoms with Gasteiger partial charge in [0.25, 0.3) is 0 Å². The Morgan fingerprint density at radius 2 is 1.52 bits per heavy atom. The molecule has 2 rings (SSSR count). The van der Waals surface area contributed by atoms with Crippen molar-refractivity contribution in [2.75, 3.05) is 19.5 Å². The van der Waals surface area contributed by atoms with E-state index in [2.05, 4.69) is 5.32 Å². The number of hydrogen-bond donors (Lipinski definition) is 1. The normalized spacial score (nSPS) is 11.9. The molecule has 0 aliphatic rings. The highest BCUT2D eigenvalue weighted by atomic mass is 19.2. The second kappa shape index (κ2) is 6.43. The molecule has 2 aromatic carbocycles. The highest BCUT2D eigenvalue weighted by molar-refractivity contribution is 5.54. The molecular formula is C16H17F2NO2. The zero-order chi connectivity index (χ0) is 15.4. The van der Waals surface area contributed by atoms with Gasteiger partial charge in [-0.1, -0.05) is 6.07 Å². The van der Waals surface area contributed by atoms with Crippen molar-refractivity contribution in [2.24, 2.45) is 0 Å². The number of benzene rings is 2. The van der Waals surface area contributed by atoms with Gasteiger partial charge in [0.15, 0.2) is 11.6 Å². The molecule has 0 aromatic heterocycles. The fourth-order valence-electron chi connectivity index (χ4n) is 2.01. The third-order valence-corrected chi connectivity index (χ3v) is 3.18. The summed E-state index contributed by atoms with van der Waals surface area (Å²) in [7, 11) is 3.13. The summed E-state index contributed by atoms with van der Waals surface area (Å²) in [5.74, 6) is -0.415. The monoisotopic (exact) mass is 293 g/mol. The summed E-state index contributed by atoms with van der Waals surface area (Å²) in [4.78, 5) is 0. The standard InChI is InChI=1S/C16H17F2NO2/c1-10(11-4-5-15(17)16(18)6-11)19-12-7-13(20-2)9-14(8-12)21-3/h4-10,19H,1-3H3. The fraction of sp³-hybridized carbons (Fsp3) is 0.250. The lowest BCUT2D eigenvalue weighted by atomic mass is 10.1. The van der Waals surface area contributed by atoms with Crippen LogP contribution in [0.4, 0.5) is 14.5 Å². The Morgan fingerprint density at radius 3 is 2.05 bits per heavy atom. The van der Waals surface area contributed by atoms with Gasteiger partial charge in [-0.2, -0.15) is 0 Å². The van der Waals surface area contributed by atoms with Crippen LogP contribution in [0.5, 0.6) is 11.5 Å². The van der Waals surface area contributed by atoms with Gasteiger partial charge in [-0.3, -0.25) is 0 Å². The van der Waals surface area contributed by atoms with Crippen LogP contribution in [0.3, 0.4) is 0 Å². The largest absolute Gasteiger partial charge is 0.497 e. The first-order valence-corrected chi connectivity index (χ1v) is 6.48. The van der Waals surface area contributed by atoms with Crippen molar-refractivity contribution < 1.29 is 18.3 Å². The number of hydrogen-bond acceptors (Lipinski definition) is 3. The Hall–Kier alpha value is -2.30. The predicted octanol–water partition coefficient (Wildman–Crippen LogP) is 4.16. The topological polar surface area (TPSA) is 30.5 Å². The Bertz CT molecular complexity index is 609. The third-order valence-electron chi connectivity index (χ3n) is 3.18. The molecule has 0 amide bonds. The lowest BCUT2D eigenvalue weighted by Crippen LogP contribution is -2.07. The van der Waals surface area contributed by atoms with Gasteiger partial charge < -0.3 is 14.8 Å². The maximum Gasteiger partial charge on any atom is 0.159 e. The highest BCUT2D eigenvalue weighted by Crippen LogP contribution is 2.28. The molecule has 0 spiro atoms. The number of rotatable bonds is 5. The molecule has 112 valence electrons. The SMILES string of the molecule is COc1cc(NC(C)c2ccc(F)c(F)c2)cc(OC)c1. The maximum atomic E-state index is 13.3. The molecule has 0 saturated heterocycles. The highest BCUT2D eigenvalue weighted by Gasteiger charge is 2.10. The molecule has 0 saturated carbocycles. The molecule has 1 atom stereocenters. The zero-order valence-electron chi connectivity index (χ0n) is 12.1. The van der Waals surface area contributed by atoms with E-state index in [1.807, 2.05) is 6.92 Å². The van der Waals surface area contributed by atoms with Gasteiger partial charge in [0, 0.05) is 29.9 Å². The van der Waals surface area contributed by atoms with Crippen LogP contribution in [0.25, 0.3) is 0 Å². The van der Waals surface area contributed by atoms with Crippen molar-refractivity contribution in [1.29, 1.82) is 0 Å². The first kappa shape index (κ1) is 15.1. The van der Waals surface area contributed by atoms with Gasteiger partial charge in [-0.25, -0.2) is 8.78 Å². The molecule has 2 aromatic rings. The Balaban J connectivity index is 2.22. The summed E-state index contributed by atoms with van der Waals surface area (Å²) in [5, 5.41) is 3.21. The van der Waals surface area contributed by atoms with Gasteiger partial charge in [0.2, 0.25) is 0 Å². The van der Waals surface area contributed by atoms with Crippen molar-refractivity contribution in [1.82, 2.24) is 0 Å². The van der Waals surface area contributed by atoms with Crippen molar-refractivity contribution in [2.45, 2.75) is 13.0 Å². The summed E-state index contributed by atoms with van der Waals surface area (Å²) >= 11 is 0. The molecule has 0 radical (unpaired) electrons. The van der Waals surface area contributed by atoms with Gasteiger partial charge in [0.05, 0.1) is 14.2 Å². The van der Waals surface area contributed by atoms with Crippen molar-refractivity contribution in [3.05, 3.63) is 53.6 Å². The van der Waals surface area contributed by atoms with Crippen LogP contribution < -0.4 is 14.8 Å². The average Bonchev–Trinajstić information content (AvgIpc) is 2.49. The van der Waals surface area contributed by atoms with Crippen molar-refractivity contribution >= 4 is 5.69 Å². The van der Waals surface area contributed by atoms with Crippen LogP contribution >= 0.6 is 0 Å². The van der Waals surface area contributed by atoms with E-state index in [-0.39, 0.29) is 6.04 Å². The molecule has 0 aliphatic carbocycles. The Labute approximate surface area is 122 Å². The van der Waals surface area contributed by atoms with Gasteiger partial charge in [-0.05, 0) is 24.6 Å². The summed E-state index contributed by atoms with van der Waals surface area (Å²) in [6.45, 7) is 1.86. The number of halogens is 2. The minimum atomic E-state index is -0.857. The second-order valence-electron chi connectivity index (χ2n) is 4.64. The molecule has 3 nitrogen and oxygen atoms in total. The molecule has 0 fully saturated rings. The molecule has 0 bridgehead atoms. The minimum Gasteiger partial charge on any atom is -0.497 e. The van der Waals surface area contributed by atoms with Gasteiger partial charge >= 0.3 is 0 Å². The Morgan fingerprint density at radius 1 is 0.905 bits per heavy atom. The van der Waals surface area contributed by atoms with E-state index in [1.54, 1.807) is 38.5 Å². The van der Waals surface area contributed by atoms with Crippen LogP contribution in [0, 0.1) is 11.6 Å². The quantitative estimate of drug-likeness (QED) is 0.898. The number of ether oxygens (including phenoxy) is 2. The van der Waals surface area contributed by atoms with Crippen LogP contribution in [0.1, 0.15) is 18.5 Å². The minimum absolute atomic E-state index is 0.197. The van der Waals surface area contributed by atoms with E-state index < -0.39 is 11.6 Å².